The van der Waals surface area contributed by atoms with Gasteiger partial charge in [0.2, 0.25) is 0 Å². The number of hydrogen-bond acceptors (Lipinski definition) is 4. The molecule has 0 spiro atoms. The van der Waals surface area contributed by atoms with Crippen molar-refractivity contribution in [2.24, 2.45) is 0 Å². The number of pyridine rings is 1. The van der Waals surface area contributed by atoms with E-state index in [-0.39, 0.29) is 6.61 Å². The number of aliphatic hydroxyl groups excluding tert-OH is 1. The summed E-state index contributed by atoms with van der Waals surface area (Å²) in [6.45, 7) is 7.59. The van der Waals surface area contributed by atoms with E-state index >= 15 is 0 Å². The van der Waals surface area contributed by atoms with E-state index in [1.54, 1.807) is 0 Å². The van der Waals surface area contributed by atoms with Crippen LogP contribution >= 0.6 is 0 Å². The fourth-order valence-corrected chi connectivity index (χ4v) is 3.06. The third-order valence-electron chi connectivity index (χ3n) is 4.15. The molecule has 0 amide bonds. The van der Waals surface area contributed by atoms with Gasteiger partial charge in [-0.2, -0.15) is 0 Å². The van der Waals surface area contributed by atoms with Gasteiger partial charge in [-0.05, 0) is 24.4 Å². The van der Waals surface area contributed by atoms with E-state index in [1.165, 1.54) is 18.4 Å². The molecule has 1 aliphatic heterocycles. The molecule has 0 saturated carbocycles. The number of aromatic nitrogens is 1. The summed E-state index contributed by atoms with van der Waals surface area (Å²) in [4.78, 5) is 9.53. The molecule has 4 nitrogen and oxygen atoms in total. The number of nitrogens with zero attached hydrogens (tertiary/aromatic N) is 3. The van der Waals surface area contributed by atoms with Crippen LogP contribution in [0.3, 0.4) is 0 Å². The zero-order valence-electron chi connectivity index (χ0n) is 12.6. The zero-order valence-corrected chi connectivity index (χ0v) is 12.6. The number of benzene rings is 1. The smallest absolute Gasteiger partial charge is 0.136 e. The molecule has 3 rings (SSSR count). The van der Waals surface area contributed by atoms with Crippen LogP contribution in [0.4, 0.5) is 5.82 Å². The van der Waals surface area contributed by atoms with Crippen LogP contribution in [0.2, 0.25) is 0 Å². The highest BCUT2D eigenvalue weighted by molar-refractivity contribution is 5.92. The van der Waals surface area contributed by atoms with Crippen molar-refractivity contribution < 1.29 is 5.11 Å². The summed E-state index contributed by atoms with van der Waals surface area (Å²) in [5, 5.41) is 11.8. The molecule has 1 saturated heterocycles. The lowest BCUT2D eigenvalue weighted by Gasteiger charge is -2.35. The normalized spacial score (nSPS) is 16.6. The first-order chi connectivity index (χ1) is 10.3. The highest BCUT2D eigenvalue weighted by Crippen LogP contribution is 2.26. The largest absolute Gasteiger partial charge is 0.390 e. The third-order valence-corrected chi connectivity index (χ3v) is 4.15. The summed E-state index contributed by atoms with van der Waals surface area (Å²) in [6.07, 6.45) is 1.21. The summed E-state index contributed by atoms with van der Waals surface area (Å²) in [6, 6.07) is 10.3. The molecule has 1 aliphatic rings. The molecule has 2 aromatic rings. The van der Waals surface area contributed by atoms with Gasteiger partial charge in [0.25, 0.3) is 0 Å². The van der Waals surface area contributed by atoms with Gasteiger partial charge in [-0.1, -0.05) is 31.2 Å². The van der Waals surface area contributed by atoms with E-state index in [2.05, 4.69) is 39.9 Å². The number of anilines is 1. The molecule has 1 aromatic heterocycles. The van der Waals surface area contributed by atoms with Gasteiger partial charge in [-0.3, -0.25) is 4.90 Å². The molecule has 0 unspecified atom stereocenters. The summed E-state index contributed by atoms with van der Waals surface area (Å²) < 4.78 is 0. The van der Waals surface area contributed by atoms with Crippen LogP contribution < -0.4 is 4.90 Å². The number of fused-ring (bicyclic) bond motifs is 1. The summed E-state index contributed by atoms with van der Waals surface area (Å²) >= 11 is 0. The van der Waals surface area contributed by atoms with Crippen LogP contribution in [-0.4, -0.2) is 47.7 Å². The van der Waals surface area contributed by atoms with Crippen LogP contribution in [-0.2, 0) is 6.61 Å². The Bertz CT molecular complexity index is 606. The molecule has 1 fully saturated rings. The predicted octanol–water partition coefficient (Wildman–Crippen LogP) is 2.26. The van der Waals surface area contributed by atoms with E-state index in [4.69, 9.17) is 0 Å². The summed E-state index contributed by atoms with van der Waals surface area (Å²) in [5.41, 5.74) is 0.750. The average Bonchev–Trinajstić information content (AvgIpc) is 2.55. The minimum absolute atomic E-state index is 0.00632. The minimum Gasteiger partial charge on any atom is -0.390 e. The second-order valence-electron chi connectivity index (χ2n) is 5.65. The molecular weight excluding hydrogens is 262 g/mol. The second kappa shape index (κ2) is 6.41. The highest BCUT2D eigenvalue weighted by atomic mass is 16.3. The summed E-state index contributed by atoms with van der Waals surface area (Å²) in [7, 11) is 0. The van der Waals surface area contributed by atoms with Gasteiger partial charge in [0.15, 0.2) is 0 Å². The lowest BCUT2D eigenvalue weighted by molar-refractivity contribution is 0.257. The Morgan fingerprint density at radius 3 is 2.62 bits per heavy atom. The van der Waals surface area contributed by atoms with Crippen LogP contribution in [0.15, 0.2) is 30.3 Å². The fraction of sp³-hybridized carbons (Fsp3) is 0.471. The predicted molar refractivity (Wildman–Crippen MR) is 86.6 cm³/mol. The van der Waals surface area contributed by atoms with E-state index in [0.29, 0.717) is 0 Å². The molecule has 0 atom stereocenters. The topological polar surface area (TPSA) is 39.6 Å². The number of hydrogen-bond donors (Lipinski definition) is 1. The van der Waals surface area contributed by atoms with Crippen molar-refractivity contribution in [3.05, 3.63) is 36.0 Å². The Kier molecular flexibility index (Phi) is 4.36. The first kappa shape index (κ1) is 14.3. The molecule has 112 valence electrons. The van der Waals surface area contributed by atoms with Crippen molar-refractivity contribution in [1.29, 1.82) is 0 Å². The molecule has 0 radical (unpaired) electrons. The highest BCUT2D eigenvalue weighted by Gasteiger charge is 2.19. The van der Waals surface area contributed by atoms with Crippen molar-refractivity contribution in [2.75, 3.05) is 37.6 Å². The van der Waals surface area contributed by atoms with Crippen molar-refractivity contribution in [3.63, 3.8) is 0 Å². The van der Waals surface area contributed by atoms with Crippen molar-refractivity contribution in [2.45, 2.75) is 20.0 Å². The lowest BCUT2D eigenvalue weighted by Crippen LogP contribution is -2.46. The van der Waals surface area contributed by atoms with E-state index in [1.807, 2.05) is 12.1 Å². The van der Waals surface area contributed by atoms with E-state index in [9.17, 15) is 5.11 Å². The van der Waals surface area contributed by atoms with Gasteiger partial charge >= 0.3 is 0 Å². The first-order valence-electron chi connectivity index (χ1n) is 7.78. The quantitative estimate of drug-likeness (QED) is 0.935. The maximum absolute atomic E-state index is 9.44. The van der Waals surface area contributed by atoms with Crippen molar-refractivity contribution >= 4 is 16.6 Å². The molecule has 21 heavy (non-hydrogen) atoms. The molecule has 0 aliphatic carbocycles. The van der Waals surface area contributed by atoms with Crippen LogP contribution in [0.25, 0.3) is 10.8 Å². The molecule has 0 bridgehead atoms. The van der Waals surface area contributed by atoms with Gasteiger partial charge in [0.05, 0.1) is 12.3 Å². The van der Waals surface area contributed by atoms with Crippen LogP contribution in [0.5, 0.6) is 0 Å². The molecule has 4 heteroatoms. The maximum Gasteiger partial charge on any atom is 0.136 e. The minimum atomic E-state index is -0.00632. The lowest BCUT2D eigenvalue weighted by atomic mass is 10.1. The number of piperazine rings is 1. The maximum atomic E-state index is 9.44. The summed E-state index contributed by atoms with van der Waals surface area (Å²) in [5.74, 6) is 1.02. The van der Waals surface area contributed by atoms with E-state index < -0.39 is 0 Å². The number of aliphatic hydroxyl groups is 1. The SMILES string of the molecule is CCCN1CCN(c2nc(CO)cc3ccccc23)CC1. The third kappa shape index (κ3) is 3.01. The van der Waals surface area contributed by atoms with Gasteiger partial charge in [-0.25, -0.2) is 4.98 Å². The van der Waals surface area contributed by atoms with E-state index in [0.717, 1.165) is 43.1 Å². The first-order valence-corrected chi connectivity index (χ1v) is 7.78. The van der Waals surface area contributed by atoms with Crippen LogP contribution in [0, 0.1) is 0 Å². The van der Waals surface area contributed by atoms with Crippen LogP contribution in [0.1, 0.15) is 19.0 Å². The molecule has 1 aromatic carbocycles. The molecule has 2 heterocycles. The fourth-order valence-electron chi connectivity index (χ4n) is 3.06. The average molecular weight is 285 g/mol. The standard InChI is InChI=1S/C17H23N3O/c1-2-7-19-8-10-20(11-9-19)17-16-6-4-3-5-14(16)12-15(13-21)18-17/h3-6,12,21H,2,7-11,13H2,1H3. The van der Waals surface area contributed by atoms with Gasteiger partial charge in [0, 0.05) is 31.6 Å². The van der Waals surface area contributed by atoms with Crippen molar-refractivity contribution in [1.82, 2.24) is 9.88 Å². The van der Waals surface area contributed by atoms with Crippen molar-refractivity contribution in [3.8, 4) is 0 Å². The van der Waals surface area contributed by atoms with Gasteiger partial charge in [0.1, 0.15) is 5.82 Å². The Morgan fingerprint density at radius 2 is 1.90 bits per heavy atom. The van der Waals surface area contributed by atoms with Gasteiger partial charge in [-0.15, -0.1) is 0 Å². The Morgan fingerprint density at radius 1 is 1.14 bits per heavy atom. The molecule has 1 N–H and O–H groups in total. The number of rotatable bonds is 4. The van der Waals surface area contributed by atoms with Gasteiger partial charge < -0.3 is 10.0 Å². The molecular formula is C17H23N3O. The monoisotopic (exact) mass is 285 g/mol. The Hall–Kier alpha value is -1.65. The second-order valence-corrected chi connectivity index (χ2v) is 5.65. The Labute approximate surface area is 126 Å². The Balaban J connectivity index is 1.89. The zero-order chi connectivity index (χ0) is 14.7.